The number of nitrogens with one attached hydrogen (secondary N) is 1. The van der Waals surface area contributed by atoms with Crippen molar-refractivity contribution < 1.29 is 0 Å². The highest BCUT2D eigenvalue weighted by atomic mass is 79.9. The van der Waals surface area contributed by atoms with E-state index in [9.17, 15) is 0 Å². The minimum atomic E-state index is 0.834. The molecule has 0 bridgehead atoms. The molecule has 1 aromatic carbocycles. The Morgan fingerprint density at radius 2 is 1.73 bits per heavy atom. The van der Waals surface area contributed by atoms with E-state index in [0.717, 1.165) is 25.7 Å². The molecule has 4 heteroatoms. The van der Waals surface area contributed by atoms with Crippen molar-refractivity contribution in [3.8, 4) is 0 Å². The number of allylic oxidation sites excluding steroid dienone is 1. The summed E-state index contributed by atoms with van der Waals surface area (Å²) in [4.78, 5) is 0. The van der Waals surface area contributed by atoms with Gasteiger partial charge in [-0.25, -0.2) is 0 Å². The highest BCUT2D eigenvalue weighted by Crippen LogP contribution is 2.34. The van der Waals surface area contributed by atoms with Crippen molar-refractivity contribution in [1.29, 1.82) is 0 Å². The Labute approximate surface area is 116 Å². The molecule has 15 heavy (non-hydrogen) atoms. The molecular formula is C11H12Br3N. The molecule has 0 aromatic heterocycles. The first-order chi connectivity index (χ1) is 7.00. The fraction of sp³-hybridized carbons (Fsp3) is 0.273. The first-order valence-corrected chi connectivity index (χ1v) is 6.90. The molecule has 0 unspecified atom stereocenters. The van der Waals surface area contributed by atoms with E-state index in [4.69, 9.17) is 0 Å². The third-order valence-corrected chi connectivity index (χ3v) is 3.50. The highest BCUT2D eigenvalue weighted by Gasteiger charge is 2.05. The second-order valence-electron chi connectivity index (χ2n) is 3.41. The molecule has 0 aliphatic heterocycles. The predicted molar refractivity (Wildman–Crippen MR) is 77.5 cm³/mol. The van der Waals surface area contributed by atoms with Crippen LogP contribution in [0.25, 0.3) is 0 Å². The van der Waals surface area contributed by atoms with Gasteiger partial charge in [-0.05, 0) is 57.8 Å². The lowest BCUT2D eigenvalue weighted by Gasteiger charge is -2.09. The van der Waals surface area contributed by atoms with Gasteiger partial charge >= 0.3 is 0 Å². The van der Waals surface area contributed by atoms with E-state index in [0.29, 0.717) is 0 Å². The SMILES string of the molecule is CC(C)=CCNc1c(Br)cc(Br)cc1Br. The minimum Gasteiger partial charge on any atom is -0.380 e. The molecule has 82 valence electrons. The molecule has 0 fully saturated rings. The van der Waals surface area contributed by atoms with Gasteiger partial charge in [-0.2, -0.15) is 0 Å². The maximum atomic E-state index is 3.52. The summed E-state index contributed by atoms with van der Waals surface area (Å²) in [6, 6.07) is 4.05. The van der Waals surface area contributed by atoms with Crippen LogP contribution in [0.1, 0.15) is 13.8 Å². The monoisotopic (exact) mass is 395 g/mol. The Morgan fingerprint density at radius 3 is 2.20 bits per heavy atom. The molecule has 0 radical (unpaired) electrons. The van der Waals surface area contributed by atoms with Crippen molar-refractivity contribution in [2.45, 2.75) is 13.8 Å². The molecule has 0 saturated carbocycles. The number of halogens is 3. The van der Waals surface area contributed by atoms with Crippen LogP contribution in [0.2, 0.25) is 0 Å². The van der Waals surface area contributed by atoms with Crippen LogP contribution < -0.4 is 5.32 Å². The lowest BCUT2D eigenvalue weighted by atomic mass is 10.3. The Hall–Kier alpha value is 0.200. The molecule has 0 aliphatic carbocycles. The largest absolute Gasteiger partial charge is 0.380 e. The van der Waals surface area contributed by atoms with Crippen LogP contribution >= 0.6 is 47.8 Å². The van der Waals surface area contributed by atoms with Crippen molar-refractivity contribution in [3.05, 3.63) is 37.2 Å². The Balaban J connectivity index is 2.81. The smallest absolute Gasteiger partial charge is 0.0632 e. The number of rotatable bonds is 3. The second-order valence-corrected chi connectivity index (χ2v) is 6.03. The number of benzene rings is 1. The molecule has 1 rings (SSSR count). The summed E-state index contributed by atoms with van der Waals surface area (Å²) in [6.07, 6.45) is 2.15. The summed E-state index contributed by atoms with van der Waals surface area (Å²) in [7, 11) is 0. The average Bonchev–Trinajstić information content (AvgIpc) is 2.08. The molecule has 0 aliphatic rings. The third kappa shape index (κ3) is 4.29. The van der Waals surface area contributed by atoms with E-state index < -0.39 is 0 Å². The highest BCUT2D eigenvalue weighted by molar-refractivity contribution is 9.11. The fourth-order valence-corrected chi connectivity index (χ4v) is 3.61. The Kier molecular flexibility index (Phi) is 5.36. The van der Waals surface area contributed by atoms with E-state index in [-0.39, 0.29) is 0 Å². The lowest BCUT2D eigenvalue weighted by Crippen LogP contribution is -2.00. The molecule has 0 amide bonds. The summed E-state index contributed by atoms with van der Waals surface area (Å²) >= 11 is 10.5. The van der Waals surface area contributed by atoms with Crippen LogP contribution in [0, 0.1) is 0 Å². The average molecular weight is 398 g/mol. The van der Waals surface area contributed by atoms with Crippen LogP contribution in [0.15, 0.2) is 37.2 Å². The van der Waals surface area contributed by atoms with Crippen molar-refractivity contribution in [3.63, 3.8) is 0 Å². The molecule has 1 aromatic rings. The number of hydrogen-bond donors (Lipinski definition) is 1. The molecular weight excluding hydrogens is 386 g/mol. The van der Waals surface area contributed by atoms with Gasteiger partial charge in [0.25, 0.3) is 0 Å². The van der Waals surface area contributed by atoms with Crippen molar-refractivity contribution >= 4 is 53.5 Å². The van der Waals surface area contributed by atoms with Crippen LogP contribution in [-0.4, -0.2) is 6.54 Å². The normalized spacial score (nSPS) is 9.93. The van der Waals surface area contributed by atoms with E-state index >= 15 is 0 Å². The molecule has 0 spiro atoms. The van der Waals surface area contributed by atoms with Gasteiger partial charge in [0, 0.05) is 20.0 Å². The minimum absolute atomic E-state index is 0.834. The second kappa shape index (κ2) is 6.06. The van der Waals surface area contributed by atoms with Gasteiger partial charge in [-0.15, -0.1) is 0 Å². The molecule has 0 atom stereocenters. The lowest BCUT2D eigenvalue weighted by molar-refractivity contribution is 1.25. The van der Waals surface area contributed by atoms with Gasteiger partial charge in [0.05, 0.1) is 5.69 Å². The zero-order valence-electron chi connectivity index (χ0n) is 8.57. The summed E-state index contributed by atoms with van der Waals surface area (Å²) in [5.41, 5.74) is 2.39. The molecule has 1 N–H and O–H groups in total. The van der Waals surface area contributed by atoms with E-state index in [1.165, 1.54) is 5.57 Å². The van der Waals surface area contributed by atoms with Crippen molar-refractivity contribution in [2.75, 3.05) is 11.9 Å². The quantitative estimate of drug-likeness (QED) is 0.677. The van der Waals surface area contributed by atoms with Gasteiger partial charge in [0.1, 0.15) is 0 Å². The number of hydrogen-bond acceptors (Lipinski definition) is 1. The van der Waals surface area contributed by atoms with Gasteiger partial charge in [0.15, 0.2) is 0 Å². The van der Waals surface area contributed by atoms with Gasteiger partial charge in [0.2, 0.25) is 0 Å². The Morgan fingerprint density at radius 1 is 1.20 bits per heavy atom. The number of anilines is 1. The van der Waals surface area contributed by atoms with E-state index in [1.54, 1.807) is 0 Å². The first kappa shape index (κ1) is 13.3. The van der Waals surface area contributed by atoms with Crippen LogP contribution in [0.3, 0.4) is 0 Å². The molecule has 0 saturated heterocycles. The maximum absolute atomic E-state index is 3.52. The zero-order valence-corrected chi connectivity index (χ0v) is 13.3. The van der Waals surface area contributed by atoms with Crippen LogP contribution in [0.5, 0.6) is 0 Å². The summed E-state index contributed by atoms with van der Waals surface area (Å²) < 4.78 is 3.14. The maximum Gasteiger partial charge on any atom is 0.0632 e. The van der Waals surface area contributed by atoms with E-state index in [1.807, 2.05) is 12.1 Å². The van der Waals surface area contributed by atoms with Crippen LogP contribution in [-0.2, 0) is 0 Å². The Bertz CT molecular complexity index is 358. The predicted octanol–water partition coefficient (Wildman–Crippen LogP) is 5.35. The summed E-state index contributed by atoms with van der Waals surface area (Å²) in [5.74, 6) is 0. The fourth-order valence-electron chi connectivity index (χ4n) is 1.07. The van der Waals surface area contributed by atoms with Crippen LogP contribution in [0.4, 0.5) is 5.69 Å². The summed E-state index contributed by atoms with van der Waals surface area (Å²) in [6.45, 7) is 5.02. The summed E-state index contributed by atoms with van der Waals surface area (Å²) in [5, 5.41) is 3.35. The van der Waals surface area contributed by atoms with Crippen molar-refractivity contribution in [2.24, 2.45) is 0 Å². The zero-order chi connectivity index (χ0) is 11.4. The third-order valence-electron chi connectivity index (χ3n) is 1.80. The molecule has 1 nitrogen and oxygen atoms in total. The topological polar surface area (TPSA) is 12.0 Å². The van der Waals surface area contributed by atoms with E-state index in [2.05, 4.69) is 73.0 Å². The first-order valence-electron chi connectivity index (χ1n) is 4.52. The van der Waals surface area contributed by atoms with Crippen molar-refractivity contribution in [1.82, 2.24) is 0 Å². The van der Waals surface area contributed by atoms with Gasteiger partial charge in [-0.1, -0.05) is 27.6 Å². The standard InChI is InChI=1S/C11H12Br3N/c1-7(2)3-4-15-11-9(13)5-8(12)6-10(11)14/h3,5-6,15H,4H2,1-2H3. The van der Waals surface area contributed by atoms with Gasteiger partial charge < -0.3 is 5.32 Å². The molecule has 0 heterocycles. The van der Waals surface area contributed by atoms with Gasteiger partial charge in [-0.3, -0.25) is 0 Å².